The van der Waals surface area contributed by atoms with E-state index >= 15 is 0 Å². The largest absolute Gasteiger partial charge is 0.412 e. The summed E-state index contributed by atoms with van der Waals surface area (Å²) in [4.78, 5) is 0. The van der Waals surface area contributed by atoms with E-state index in [4.69, 9.17) is 0 Å². The number of hydrogen-bond acceptors (Lipinski definition) is 1. The predicted molar refractivity (Wildman–Crippen MR) is 71.9 cm³/mol. The average molecular weight is 229 g/mol. The smallest absolute Gasteiger partial charge is 0.0181 e. The third-order valence-electron chi connectivity index (χ3n) is 3.85. The van der Waals surface area contributed by atoms with E-state index in [2.05, 4.69) is 19.2 Å². The lowest BCUT2D eigenvalue weighted by molar-refractivity contribution is 0.259. The van der Waals surface area contributed by atoms with Gasteiger partial charge in [0.2, 0.25) is 0 Å². The zero-order valence-electron chi connectivity index (χ0n) is 11.3. The fraction of sp³-hybridized carbons (Fsp3) is 1.00. The molecule has 1 aliphatic heterocycles. The van der Waals surface area contributed by atoms with Crippen LogP contribution in [0.25, 0.3) is 0 Å². The molecule has 1 aliphatic rings. The molecule has 1 rings (SSSR count). The molecule has 0 atom stereocenters. The van der Waals surface area contributed by atoms with Crippen LogP contribution in [0.15, 0.2) is 0 Å². The molecule has 98 valence electrons. The summed E-state index contributed by atoms with van der Waals surface area (Å²) >= 11 is 0. The number of hydrogen-bond donors (Lipinski definition) is 1. The minimum absolute atomic E-state index is 0. The molecule has 0 aromatic carbocycles. The van der Waals surface area contributed by atoms with Crippen molar-refractivity contribution in [2.75, 3.05) is 6.54 Å². The molecule has 0 aromatic rings. The zero-order chi connectivity index (χ0) is 11.0. The molecule has 0 aliphatic carbocycles. The number of nitrogens with one attached hydrogen (secondary N) is 1. The molecule has 1 heterocycles. The molecule has 2 heteroatoms. The lowest BCUT2D eigenvalue weighted by Gasteiger charge is -2.34. The maximum absolute atomic E-state index is 3.86. The second-order valence-corrected chi connectivity index (χ2v) is 5.22. The Kier molecular flexibility index (Phi) is 8.96. The fourth-order valence-electron chi connectivity index (χ4n) is 2.79. The van der Waals surface area contributed by atoms with Crippen LogP contribution < -0.4 is 5.32 Å². The Morgan fingerprint density at radius 2 is 1.56 bits per heavy atom. The normalized spacial score (nSPS) is 19.9. The standard InChI is InChI=1S/C14H29N.H2O/c1-3-5-10-14(11-6-4-2)12-8-7-9-13-15-14;/h15H,3-13H2,1-2H3;1H2. The zero-order valence-corrected chi connectivity index (χ0v) is 11.3. The van der Waals surface area contributed by atoms with Crippen LogP contribution in [0.3, 0.4) is 0 Å². The van der Waals surface area contributed by atoms with Crippen molar-refractivity contribution in [1.29, 1.82) is 0 Å². The first-order valence-electron chi connectivity index (χ1n) is 7.08. The van der Waals surface area contributed by atoms with E-state index in [0.717, 1.165) is 0 Å². The SMILES string of the molecule is CCCCC1(CCCC)CCCCCN1.O. The highest BCUT2D eigenvalue weighted by atomic mass is 16.0. The van der Waals surface area contributed by atoms with Gasteiger partial charge in [-0.05, 0) is 32.2 Å². The minimum atomic E-state index is 0. The van der Waals surface area contributed by atoms with Gasteiger partial charge in [0.25, 0.3) is 0 Å². The van der Waals surface area contributed by atoms with Crippen LogP contribution >= 0.6 is 0 Å². The molecule has 3 N–H and O–H groups in total. The van der Waals surface area contributed by atoms with Gasteiger partial charge in [-0.15, -0.1) is 0 Å². The van der Waals surface area contributed by atoms with Crippen LogP contribution in [-0.4, -0.2) is 17.6 Å². The maximum atomic E-state index is 3.86. The van der Waals surface area contributed by atoms with Gasteiger partial charge in [-0.25, -0.2) is 0 Å². The molecular weight excluding hydrogens is 198 g/mol. The summed E-state index contributed by atoms with van der Waals surface area (Å²) in [6, 6.07) is 0. The highest BCUT2D eigenvalue weighted by Crippen LogP contribution is 2.29. The summed E-state index contributed by atoms with van der Waals surface area (Å²) in [5.41, 5.74) is 0.516. The van der Waals surface area contributed by atoms with Gasteiger partial charge in [0.1, 0.15) is 0 Å². The molecule has 0 aromatic heterocycles. The van der Waals surface area contributed by atoms with Gasteiger partial charge in [0.05, 0.1) is 0 Å². The molecule has 0 saturated carbocycles. The topological polar surface area (TPSA) is 43.5 Å². The molecule has 0 radical (unpaired) electrons. The average Bonchev–Trinajstić information content (AvgIpc) is 2.50. The highest BCUT2D eigenvalue weighted by molar-refractivity contribution is 4.89. The van der Waals surface area contributed by atoms with E-state index in [1.165, 1.54) is 70.8 Å². The number of unbranched alkanes of at least 4 members (excludes halogenated alkanes) is 2. The Labute approximate surface area is 102 Å². The highest BCUT2D eigenvalue weighted by Gasteiger charge is 2.28. The van der Waals surface area contributed by atoms with Crippen molar-refractivity contribution in [1.82, 2.24) is 5.32 Å². The molecule has 1 fully saturated rings. The molecule has 0 bridgehead atoms. The Morgan fingerprint density at radius 3 is 2.12 bits per heavy atom. The van der Waals surface area contributed by atoms with Crippen LogP contribution in [0.4, 0.5) is 0 Å². The van der Waals surface area contributed by atoms with E-state index in [1.54, 1.807) is 0 Å². The Morgan fingerprint density at radius 1 is 0.938 bits per heavy atom. The number of rotatable bonds is 6. The fourth-order valence-corrected chi connectivity index (χ4v) is 2.79. The second kappa shape index (κ2) is 9.00. The van der Waals surface area contributed by atoms with Crippen LogP contribution in [-0.2, 0) is 0 Å². The summed E-state index contributed by atoms with van der Waals surface area (Å²) in [5.74, 6) is 0. The summed E-state index contributed by atoms with van der Waals surface area (Å²) in [6.45, 7) is 5.88. The molecule has 1 saturated heterocycles. The first kappa shape index (κ1) is 15.9. The van der Waals surface area contributed by atoms with Crippen LogP contribution in [0.2, 0.25) is 0 Å². The van der Waals surface area contributed by atoms with E-state index < -0.39 is 0 Å². The van der Waals surface area contributed by atoms with E-state index in [9.17, 15) is 0 Å². The van der Waals surface area contributed by atoms with E-state index in [0.29, 0.717) is 5.54 Å². The molecule has 0 unspecified atom stereocenters. The first-order valence-corrected chi connectivity index (χ1v) is 7.08. The molecule has 0 spiro atoms. The van der Waals surface area contributed by atoms with Gasteiger partial charge >= 0.3 is 0 Å². The van der Waals surface area contributed by atoms with Gasteiger partial charge in [0, 0.05) is 5.54 Å². The van der Waals surface area contributed by atoms with Crippen LogP contribution in [0, 0.1) is 0 Å². The lowest BCUT2D eigenvalue weighted by Crippen LogP contribution is -2.44. The molecule has 16 heavy (non-hydrogen) atoms. The van der Waals surface area contributed by atoms with Gasteiger partial charge in [-0.2, -0.15) is 0 Å². The van der Waals surface area contributed by atoms with Gasteiger partial charge in [-0.3, -0.25) is 0 Å². The third kappa shape index (κ3) is 5.31. The Bertz CT molecular complexity index is 141. The van der Waals surface area contributed by atoms with E-state index in [-0.39, 0.29) is 5.48 Å². The van der Waals surface area contributed by atoms with Crippen molar-refractivity contribution in [3.8, 4) is 0 Å². The molecular formula is C14H31NO. The monoisotopic (exact) mass is 229 g/mol. The van der Waals surface area contributed by atoms with Crippen LogP contribution in [0.1, 0.15) is 78.1 Å². The molecule has 2 nitrogen and oxygen atoms in total. The minimum Gasteiger partial charge on any atom is -0.412 e. The summed E-state index contributed by atoms with van der Waals surface area (Å²) in [5, 5.41) is 3.86. The van der Waals surface area contributed by atoms with Crippen molar-refractivity contribution in [2.24, 2.45) is 0 Å². The summed E-state index contributed by atoms with van der Waals surface area (Å²) in [7, 11) is 0. The predicted octanol–water partition coefficient (Wildman–Crippen LogP) is 3.44. The quantitative estimate of drug-likeness (QED) is 0.745. The van der Waals surface area contributed by atoms with Gasteiger partial charge in [-0.1, -0.05) is 52.4 Å². The maximum Gasteiger partial charge on any atom is 0.0181 e. The first-order chi connectivity index (χ1) is 7.33. The molecule has 0 amide bonds. The van der Waals surface area contributed by atoms with Crippen molar-refractivity contribution < 1.29 is 5.48 Å². The second-order valence-electron chi connectivity index (χ2n) is 5.22. The van der Waals surface area contributed by atoms with E-state index in [1.807, 2.05) is 0 Å². The van der Waals surface area contributed by atoms with Crippen molar-refractivity contribution in [3.05, 3.63) is 0 Å². The Hall–Kier alpha value is -0.0800. The van der Waals surface area contributed by atoms with Gasteiger partial charge in [0.15, 0.2) is 0 Å². The lowest BCUT2D eigenvalue weighted by atomic mass is 9.83. The summed E-state index contributed by atoms with van der Waals surface area (Å²) in [6.07, 6.45) is 14.0. The van der Waals surface area contributed by atoms with Crippen molar-refractivity contribution >= 4 is 0 Å². The van der Waals surface area contributed by atoms with Crippen molar-refractivity contribution in [3.63, 3.8) is 0 Å². The van der Waals surface area contributed by atoms with Crippen molar-refractivity contribution in [2.45, 2.75) is 83.6 Å². The summed E-state index contributed by atoms with van der Waals surface area (Å²) < 4.78 is 0. The van der Waals surface area contributed by atoms with Crippen LogP contribution in [0.5, 0.6) is 0 Å². The van der Waals surface area contributed by atoms with Gasteiger partial charge < -0.3 is 10.8 Å². The Balaban J connectivity index is 0.00000225. The third-order valence-corrected chi connectivity index (χ3v) is 3.85.